The van der Waals surface area contributed by atoms with Crippen molar-refractivity contribution in [3.63, 3.8) is 0 Å². The molecule has 0 unspecified atom stereocenters. The summed E-state index contributed by atoms with van der Waals surface area (Å²) in [6.45, 7) is 9.45. The molecule has 0 aliphatic heterocycles. The highest BCUT2D eigenvalue weighted by Gasteiger charge is 2.20. The molecule has 1 saturated carbocycles. The summed E-state index contributed by atoms with van der Waals surface area (Å²) in [6.07, 6.45) is 3.49. The van der Waals surface area contributed by atoms with Gasteiger partial charge in [-0.25, -0.2) is 13.1 Å². The van der Waals surface area contributed by atoms with Gasteiger partial charge in [0.1, 0.15) is 0 Å². The zero-order chi connectivity index (χ0) is 20.4. The summed E-state index contributed by atoms with van der Waals surface area (Å²) in [4.78, 5) is 4.83. The predicted molar refractivity (Wildman–Crippen MR) is 113 cm³/mol. The maximum absolute atomic E-state index is 12.5. The molecule has 28 heavy (non-hydrogen) atoms. The number of guanidine groups is 1. The fourth-order valence-corrected chi connectivity index (χ4v) is 4.03. The van der Waals surface area contributed by atoms with Crippen LogP contribution in [-0.2, 0) is 14.8 Å². The van der Waals surface area contributed by atoms with Gasteiger partial charge in [0.25, 0.3) is 0 Å². The highest BCUT2D eigenvalue weighted by Crippen LogP contribution is 2.28. The normalized spacial score (nSPS) is 14.9. The summed E-state index contributed by atoms with van der Waals surface area (Å²) in [5.74, 6) is 1.48. The first-order valence-electron chi connectivity index (χ1n) is 10.1. The van der Waals surface area contributed by atoms with Gasteiger partial charge in [0.2, 0.25) is 10.0 Å². The van der Waals surface area contributed by atoms with Crippen molar-refractivity contribution < 1.29 is 13.2 Å². The third-order valence-electron chi connectivity index (χ3n) is 4.45. The van der Waals surface area contributed by atoms with E-state index in [2.05, 4.69) is 20.3 Å². The Morgan fingerprint density at radius 3 is 2.71 bits per heavy atom. The van der Waals surface area contributed by atoms with Crippen LogP contribution in [0.2, 0.25) is 0 Å². The Bertz CT molecular complexity index is 746. The van der Waals surface area contributed by atoms with Crippen molar-refractivity contribution >= 4 is 16.0 Å². The lowest BCUT2D eigenvalue weighted by Gasteiger charge is -2.13. The lowest BCUT2D eigenvalue weighted by atomic mass is 10.2. The van der Waals surface area contributed by atoms with Crippen molar-refractivity contribution in [3.8, 4) is 0 Å². The second-order valence-corrected chi connectivity index (χ2v) is 8.96. The molecule has 0 saturated heterocycles. The molecule has 158 valence electrons. The maximum atomic E-state index is 12.5. The Hall–Kier alpha value is -1.64. The second kappa shape index (κ2) is 11.4. The smallest absolute Gasteiger partial charge is 0.240 e. The van der Waals surface area contributed by atoms with Crippen LogP contribution in [0.1, 0.15) is 37.3 Å². The molecule has 1 aliphatic carbocycles. The molecule has 0 amide bonds. The minimum absolute atomic E-state index is 0.282. The van der Waals surface area contributed by atoms with Gasteiger partial charge in [0.15, 0.2) is 5.96 Å². The van der Waals surface area contributed by atoms with Crippen molar-refractivity contribution in [1.82, 2.24) is 15.4 Å². The van der Waals surface area contributed by atoms with Crippen LogP contribution in [0.3, 0.4) is 0 Å². The van der Waals surface area contributed by atoms with Gasteiger partial charge in [-0.05, 0) is 63.1 Å². The number of aliphatic imine (C=N–C) groups is 1. The van der Waals surface area contributed by atoms with E-state index in [1.165, 1.54) is 12.8 Å². The molecule has 1 aliphatic rings. The van der Waals surface area contributed by atoms with Crippen LogP contribution in [0.5, 0.6) is 0 Å². The van der Waals surface area contributed by atoms with E-state index in [9.17, 15) is 8.42 Å². The Labute approximate surface area is 169 Å². The molecule has 7 nitrogen and oxygen atoms in total. The van der Waals surface area contributed by atoms with Crippen LogP contribution in [0, 0.1) is 19.8 Å². The standard InChI is InChI=1S/C20H34N4O3S/c1-4-21-20(22-10-5-13-27-15-18-8-9-18)23-11-12-24-28(25,26)19-14-16(2)6-7-17(19)3/h6-7,14,18,24H,4-5,8-13,15H2,1-3H3,(H2,21,22,23). The first-order chi connectivity index (χ1) is 13.4. The largest absolute Gasteiger partial charge is 0.381 e. The van der Waals surface area contributed by atoms with Crippen molar-refractivity contribution in [3.05, 3.63) is 29.3 Å². The summed E-state index contributed by atoms with van der Waals surface area (Å²) in [7, 11) is -3.52. The van der Waals surface area contributed by atoms with E-state index in [-0.39, 0.29) is 6.54 Å². The van der Waals surface area contributed by atoms with E-state index in [4.69, 9.17) is 4.74 Å². The van der Waals surface area contributed by atoms with Crippen molar-refractivity contribution in [2.45, 2.75) is 44.9 Å². The van der Waals surface area contributed by atoms with E-state index in [0.29, 0.717) is 23.9 Å². The average molecular weight is 411 g/mol. The number of nitrogens with zero attached hydrogens (tertiary/aromatic N) is 1. The summed E-state index contributed by atoms with van der Waals surface area (Å²) < 4.78 is 33.3. The highest BCUT2D eigenvalue weighted by molar-refractivity contribution is 7.89. The van der Waals surface area contributed by atoms with Crippen molar-refractivity contribution in [2.75, 3.05) is 39.4 Å². The summed E-state index contributed by atoms with van der Waals surface area (Å²) in [5.41, 5.74) is 1.66. The second-order valence-electron chi connectivity index (χ2n) is 7.23. The number of hydrogen-bond acceptors (Lipinski definition) is 4. The number of ether oxygens (including phenoxy) is 1. The fourth-order valence-electron chi connectivity index (χ4n) is 2.67. The minimum atomic E-state index is -3.52. The van der Waals surface area contributed by atoms with E-state index < -0.39 is 10.0 Å². The number of hydrogen-bond donors (Lipinski definition) is 3. The Morgan fingerprint density at radius 1 is 1.21 bits per heavy atom. The van der Waals surface area contributed by atoms with Crippen LogP contribution < -0.4 is 15.4 Å². The molecular formula is C20H34N4O3S. The number of rotatable bonds is 12. The summed E-state index contributed by atoms with van der Waals surface area (Å²) in [6, 6.07) is 5.43. The molecule has 8 heteroatoms. The van der Waals surface area contributed by atoms with Crippen molar-refractivity contribution in [1.29, 1.82) is 0 Å². The maximum Gasteiger partial charge on any atom is 0.240 e. The molecule has 1 aromatic carbocycles. The first kappa shape index (κ1) is 22.6. The topological polar surface area (TPSA) is 91.8 Å². The molecule has 0 radical (unpaired) electrons. The third-order valence-corrected chi connectivity index (χ3v) is 6.06. The molecule has 0 spiro atoms. The molecule has 0 aromatic heterocycles. The van der Waals surface area contributed by atoms with Crippen LogP contribution in [0.25, 0.3) is 0 Å². The SMILES string of the molecule is CCNC(=NCCCOCC1CC1)NCCNS(=O)(=O)c1cc(C)ccc1C. The lowest BCUT2D eigenvalue weighted by molar-refractivity contribution is 0.123. The van der Waals surface area contributed by atoms with Gasteiger partial charge < -0.3 is 15.4 Å². The molecule has 1 aromatic rings. The zero-order valence-electron chi connectivity index (χ0n) is 17.3. The molecule has 3 N–H and O–H groups in total. The number of benzene rings is 1. The Balaban J connectivity index is 1.71. The Kier molecular flexibility index (Phi) is 9.21. The molecule has 2 rings (SSSR count). The monoisotopic (exact) mass is 410 g/mol. The van der Waals surface area contributed by atoms with Crippen LogP contribution in [-0.4, -0.2) is 53.8 Å². The summed E-state index contributed by atoms with van der Waals surface area (Å²) >= 11 is 0. The Morgan fingerprint density at radius 2 is 2.00 bits per heavy atom. The van der Waals surface area contributed by atoms with Crippen LogP contribution in [0.15, 0.2) is 28.1 Å². The number of nitrogens with one attached hydrogen (secondary N) is 3. The van der Waals surface area contributed by atoms with Gasteiger partial charge in [-0.2, -0.15) is 0 Å². The summed E-state index contributed by atoms with van der Waals surface area (Å²) in [5, 5.41) is 6.33. The van der Waals surface area contributed by atoms with E-state index >= 15 is 0 Å². The van der Waals surface area contributed by atoms with E-state index in [1.54, 1.807) is 13.0 Å². The molecule has 1 fully saturated rings. The van der Waals surface area contributed by atoms with E-state index in [1.807, 2.05) is 26.0 Å². The average Bonchev–Trinajstić information content (AvgIpc) is 3.47. The molecular weight excluding hydrogens is 376 g/mol. The highest BCUT2D eigenvalue weighted by atomic mass is 32.2. The molecule has 0 atom stereocenters. The van der Waals surface area contributed by atoms with Gasteiger partial charge in [-0.3, -0.25) is 4.99 Å². The van der Waals surface area contributed by atoms with Gasteiger partial charge in [0, 0.05) is 39.4 Å². The molecule has 0 bridgehead atoms. The van der Waals surface area contributed by atoms with Gasteiger partial charge in [-0.1, -0.05) is 12.1 Å². The fraction of sp³-hybridized carbons (Fsp3) is 0.650. The minimum Gasteiger partial charge on any atom is -0.381 e. The van der Waals surface area contributed by atoms with Gasteiger partial charge in [0.05, 0.1) is 4.90 Å². The third kappa shape index (κ3) is 8.16. The predicted octanol–water partition coefficient (Wildman–Crippen LogP) is 1.95. The number of sulfonamides is 1. The van der Waals surface area contributed by atoms with Crippen LogP contribution >= 0.6 is 0 Å². The lowest BCUT2D eigenvalue weighted by Crippen LogP contribution is -2.41. The van der Waals surface area contributed by atoms with E-state index in [0.717, 1.165) is 43.2 Å². The quantitative estimate of drug-likeness (QED) is 0.278. The van der Waals surface area contributed by atoms with Crippen molar-refractivity contribution in [2.24, 2.45) is 10.9 Å². The van der Waals surface area contributed by atoms with Gasteiger partial charge >= 0.3 is 0 Å². The van der Waals surface area contributed by atoms with Crippen LogP contribution in [0.4, 0.5) is 0 Å². The van der Waals surface area contributed by atoms with Gasteiger partial charge in [-0.15, -0.1) is 0 Å². The number of aryl methyl sites for hydroxylation is 2. The zero-order valence-corrected chi connectivity index (χ0v) is 18.1. The first-order valence-corrected chi connectivity index (χ1v) is 11.6. The molecule has 0 heterocycles.